The van der Waals surface area contributed by atoms with E-state index in [0.29, 0.717) is 19.7 Å². The summed E-state index contributed by atoms with van der Waals surface area (Å²) < 4.78 is 11.2. The van der Waals surface area contributed by atoms with Crippen molar-refractivity contribution >= 4 is 17.4 Å². The Labute approximate surface area is 134 Å². The third kappa shape index (κ3) is 3.97. The molecule has 1 N–H and O–H groups in total. The molecule has 0 radical (unpaired) electrons. The molecule has 22 heavy (non-hydrogen) atoms. The van der Waals surface area contributed by atoms with E-state index in [1.807, 2.05) is 17.2 Å². The molecule has 0 bridgehead atoms. The van der Waals surface area contributed by atoms with Crippen LogP contribution in [0.2, 0.25) is 0 Å². The van der Waals surface area contributed by atoms with Crippen LogP contribution in [-0.2, 0) is 9.47 Å². The summed E-state index contributed by atoms with van der Waals surface area (Å²) in [5, 5.41) is 6.11. The maximum Gasteiger partial charge on any atom is 0.317 e. The summed E-state index contributed by atoms with van der Waals surface area (Å²) >= 11 is 1.60. The predicted molar refractivity (Wildman–Crippen MR) is 84.1 cm³/mol. The van der Waals surface area contributed by atoms with Crippen molar-refractivity contribution in [2.45, 2.75) is 38.3 Å². The molecule has 0 unspecified atom stereocenters. The normalized spacial score (nSPS) is 26.5. The number of aromatic nitrogens is 1. The summed E-state index contributed by atoms with van der Waals surface area (Å²) in [5.74, 6) is 0. The van der Waals surface area contributed by atoms with Gasteiger partial charge in [0.15, 0.2) is 0 Å². The predicted octanol–water partition coefficient (Wildman–Crippen LogP) is 2.10. The number of aryl methyl sites for hydroxylation is 1. The molecule has 6 nitrogen and oxygen atoms in total. The number of hydrogen-bond donors (Lipinski definition) is 1. The molecular weight excluding hydrogens is 302 g/mol. The fourth-order valence-corrected chi connectivity index (χ4v) is 3.65. The van der Waals surface area contributed by atoms with Gasteiger partial charge in [-0.05, 0) is 26.2 Å². The molecular formula is C15H23N3O3S. The zero-order valence-electron chi connectivity index (χ0n) is 12.9. The van der Waals surface area contributed by atoms with Crippen LogP contribution in [-0.4, -0.2) is 54.9 Å². The van der Waals surface area contributed by atoms with Crippen molar-refractivity contribution in [2.75, 3.05) is 32.9 Å². The fraction of sp³-hybridized carbons (Fsp3) is 0.733. The Hall–Kier alpha value is -1.18. The molecule has 1 aromatic heterocycles. The van der Waals surface area contributed by atoms with Gasteiger partial charge in [0.05, 0.1) is 13.2 Å². The average molecular weight is 325 g/mol. The number of rotatable bonds is 2. The number of urea groups is 1. The zero-order chi connectivity index (χ0) is 15.4. The van der Waals surface area contributed by atoms with Gasteiger partial charge in [-0.1, -0.05) is 0 Å². The Morgan fingerprint density at radius 3 is 3.14 bits per heavy atom. The highest BCUT2D eigenvalue weighted by molar-refractivity contribution is 7.09. The minimum absolute atomic E-state index is 0.00785. The van der Waals surface area contributed by atoms with E-state index in [2.05, 4.69) is 10.3 Å². The lowest BCUT2D eigenvalue weighted by molar-refractivity contribution is -0.0160. The van der Waals surface area contributed by atoms with E-state index in [1.54, 1.807) is 11.3 Å². The van der Waals surface area contributed by atoms with Crippen molar-refractivity contribution in [3.63, 3.8) is 0 Å². The van der Waals surface area contributed by atoms with Crippen LogP contribution in [0.25, 0.3) is 0 Å². The van der Waals surface area contributed by atoms with E-state index in [4.69, 9.17) is 9.47 Å². The van der Waals surface area contributed by atoms with Gasteiger partial charge in [-0.2, -0.15) is 0 Å². The lowest BCUT2D eigenvalue weighted by Crippen LogP contribution is -2.50. The first kappa shape index (κ1) is 15.7. The second-order valence-corrected chi connectivity index (χ2v) is 6.71. The van der Waals surface area contributed by atoms with Crippen molar-refractivity contribution in [3.8, 4) is 0 Å². The molecule has 2 aliphatic rings. The highest BCUT2D eigenvalue weighted by Gasteiger charge is 2.28. The van der Waals surface area contributed by atoms with E-state index < -0.39 is 0 Å². The van der Waals surface area contributed by atoms with Crippen molar-refractivity contribution in [2.24, 2.45) is 0 Å². The molecule has 7 heteroatoms. The van der Waals surface area contributed by atoms with Gasteiger partial charge in [0.1, 0.15) is 11.1 Å². The second-order valence-electron chi connectivity index (χ2n) is 5.82. The molecule has 122 valence electrons. The number of ether oxygens (including phenoxy) is 2. The summed E-state index contributed by atoms with van der Waals surface area (Å²) in [5.41, 5.74) is 1.00. The number of carbonyl (C=O) groups is 1. The summed E-state index contributed by atoms with van der Waals surface area (Å²) in [6, 6.07) is 0.229. The molecule has 0 aromatic carbocycles. The van der Waals surface area contributed by atoms with Gasteiger partial charge in [0.25, 0.3) is 0 Å². The summed E-state index contributed by atoms with van der Waals surface area (Å²) in [6.45, 7) is 5.27. The van der Waals surface area contributed by atoms with Crippen molar-refractivity contribution in [1.82, 2.24) is 15.2 Å². The van der Waals surface area contributed by atoms with Gasteiger partial charge in [-0.15, -0.1) is 11.3 Å². The summed E-state index contributed by atoms with van der Waals surface area (Å²) in [4.78, 5) is 18.8. The average Bonchev–Trinajstić information content (AvgIpc) is 2.80. The topological polar surface area (TPSA) is 63.7 Å². The monoisotopic (exact) mass is 325 g/mol. The number of carbonyl (C=O) groups excluding carboxylic acids is 1. The Morgan fingerprint density at radius 2 is 2.32 bits per heavy atom. The fourth-order valence-electron chi connectivity index (χ4n) is 2.82. The first-order chi connectivity index (χ1) is 10.7. The number of nitrogens with zero attached hydrogens (tertiary/aromatic N) is 2. The lowest BCUT2D eigenvalue weighted by Gasteiger charge is -2.33. The van der Waals surface area contributed by atoms with Crippen LogP contribution in [0.1, 0.15) is 36.1 Å². The number of morpholine rings is 1. The third-order valence-corrected chi connectivity index (χ3v) is 5.10. The SMILES string of the molecule is Cc1csc([C@H]2CN(C(=O)N[C@H]3CCCOCC3)CCO2)n1. The van der Waals surface area contributed by atoms with Gasteiger partial charge in [-0.25, -0.2) is 9.78 Å². The first-order valence-electron chi connectivity index (χ1n) is 7.89. The minimum atomic E-state index is -0.101. The highest BCUT2D eigenvalue weighted by atomic mass is 32.1. The van der Waals surface area contributed by atoms with E-state index in [9.17, 15) is 4.79 Å². The standard InChI is InChI=1S/C15H23N3O3S/c1-11-10-22-14(16-11)13-9-18(5-8-21-13)15(19)17-12-3-2-6-20-7-4-12/h10,12-13H,2-9H2,1H3,(H,17,19)/t12-,13+/m0/s1. The second kappa shape index (κ2) is 7.39. The molecule has 0 saturated carbocycles. The van der Waals surface area contributed by atoms with Gasteiger partial charge in [-0.3, -0.25) is 0 Å². The van der Waals surface area contributed by atoms with Gasteiger partial charge >= 0.3 is 6.03 Å². The van der Waals surface area contributed by atoms with E-state index >= 15 is 0 Å². The third-order valence-electron chi connectivity index (χ3n) is 4.05. The molecule has 2 aliphatic heterocycles. The van der Waals surface area contributed by atoms with Crippen LogP contribution < -0.4 is 5.32 Å². The van der Waals surface area contributed by atoms with Gasteiger partial charge in [0, 0.05) is 36.9 Å². The van der Waals surface area contributed by atoms with Crippen LogP contribution >= 0.6 is 11.3 Å². The Morgan fingerprint density at radius 1 is 1.41 bits per heavy atom. The van der Waals surface area contributed by atoms with Gasteiger partial charge in [0.2, 0.25) is 0 Å². The number of nitrogens with one attached hydrogen (secondary N) is 1. The quantitative estimate of drug-likeness (QED) is 0.904. The summed E-state index contributed by atoms with van der Waals surface area (Å²) in [7, 11) is 0. The molecule has 2 saturated heterocycles. The van der Waals surface area contributed by atoms with E-state index in [0.717, 1.165) is 43.2 Å². The van der Waals surface area contributed by atoms with Crippen LogP contribution in [0.3, 0.4) is 0 Å². The minimum Gasteiger partial charge on any atom is -0.381 e. The first-order valence-corrected chi connectivity index (χ1v) is 8.77. The number of amides is 2. The Balaban J connectivity index is 1.55. The highest BCUT2D eigenvalue weighted by Crippen LogP contribution is 2.25. The largest absolute Gasteiger partial charge is 0.381 e. The molecule has 0 spiro atoms. The van der Waals surface area contributed by atoms with Gasteiger partial charge < -0.3 is 19.7 Å². The lowest BCUT2D eigenvalue weighted by atomic mass is 10.1. The van der Waals surface area contributed by atoms with Crippen LogP contribution in [0.15, 0.2) is 5.38 Å². The number of thiazole rings is 1. The van der Waals surface area contributed by atoms with E-state index in [-0.39, 0.29) is 18.2 Å². The van der Waals surface area contributed by atoms with Crippen molar-refractivity contribution < 1.29 is 14.3 Å². The van der Waals surface area contributed by atoms with Crippen LogP contribution in [0, 0.1) is 6.92 Å². The molecule has 2 atom stereocenters. The summed E-state index contributed by atoms with van der Waals surface area (Å²) in [6.07, 6.45) is 2.79. The van der Waals surface area contributed by atoms with Crippen molar-refractivity contribution in [3.05, 3.63) is 16.1 Å². The molecule has 1 aromatic rings. The maximum absolute atomic E-state index is 12.5. The molecule has 2 amide bonds. The molecule has 3 rings (SSSR count). The molecule has 3 heterocycles. The van der Waals surface area contributed by atoms with Crippen LogP contribution in [0.5, 0.6) is 0 Å². The van der Waals surface area contributed by atoms with Crippen molar-refractivity contribution in [1.29, 1.82) is 0 Å². The molecule has 2 fully saturated rings. The maximum atomic E-state index is 12.5. The Bertz CT molecular complexity index is 500. The Kier molecular flexibility index (Phi) is 5.28. The molecule has 0 aliphatic carbocycles. The number of hydrogen-bond acceptors (Lipinski definition) is 5. The smallest absolute Gasteiger partial charge is 0.317 e. The van der Waals surface area contributed by atoms with E-state index in [1.165, 1.54) is 0 Å². The van der Waals surface area contributed by atoms with Crippen LogP contribution in [0.4, 0.5) is 4.79 Å². The zero-order valence-corrected chi connectivity index (χ0v) is 13.7.